The Morgan fingerprint density at radius 2 is 1.95 bits per heavy atom. The quantitative estimate of drug-likeness (QED) is 0.869. The summed E-state index contributed by atoms with van der Waals surface area (Å²) < 4.78 is 42.2. The largest absolute Gasteiger partial charge is 0.493 e. The molecule has 0 fully saturated rings. The average Bonchev–Trinajstić information content (AvgIpc) is 2.90. The lowest BCUT2D eigenvalue weighted by Crippen LogP contribution is -2.23. The Balaban J connectivity index is 2.19. The molecular weight excluding hydrogens is 296 g/mol. The molecule has 0 unspecified atom stereocenters. The highest BCUT2D eigenvalue weighted by atomic mass is 32.2. The van der Waals surface area contributed by atoms with Gasteiger partial charge in [-0.05, 0) is 19.1 Å². The molecule has 0 saturated heterocycles. The lowest BCUT2D eigenvalue weighted by molar-refractivity contribution is 0.354. The first-order chi connectivity index (χ1) is 9.96. The van der Waals surface area contributed by atoms with Crippen molar-refractivity contribution >= 4 is 10.0 Å². The van der Waals surface area contributed by atoms with E-state index in [0.29, 0.717) is 23.1 Å². The summed E-state index contributed by atoms with van der Waals surface area (Å²) in [6, 6.07) is 4.36. The molecule has 0 saturated carbocycles. The van der Waals surface area contributed by atoms with Crippen LogP contribution in [-0.2, 0) is 16.6 Å². The van der Waals surface area contributed by atoms with Crippen LogP contribution in [0.4, 0.5) is 0 Å². The molecule has 0 bridgehead atoms. The summed E-state index contributed by atoms with van der Waals surface area (Å²) in [7, 11) is -0.769. The normalized spacial score (nSPS) is 11.4. The number of rotatable bonds is 6. The number of hydrogen-bond acceptors (Lipinski definition) is 6. The average molecular weight is 312 g/mol. The van der Waals surface area contributed by atoms with Crippen molar-refractivity contribution in [2.24, 2.45) is 0 Å². The smallest absolute Gasteiger partial charge is 0.241 e. The first-order valence-corrected chi connectivity index (χ1v) is 7.57. The van der Waals surface area contributed by atoms with Crippen LogP contribution >= 0.6 is 0 Å². The first-order valence-electron chi connectivity index (χ1n) is 6.09. The van der Waals surface area contributed by atoms with Gasteiger partial charge in [-0.25, -0.2) is 18.1 Å². The van der Waals surface area contributed by atoms with E-state index in [0.717, 1.165) is 0 Å². The van der Waals surface area contributed by atoms with Gasteiger partial charge in [-0.1, -0.05) is 0 Å². The fraction of sp³-hybridized carbons (Fsp3) is 0.308. The Kier molecular flexibility index (Phi) is 4.49. The van der Waals surface area contributed by atoms with Gasteiger partial charge in [0.2, 0.25) is 15.9 Å². The van der Waals surface area contributed by atoms with Gasteiger partial charge in [-0.15, -0.1) is 0 Å². The second-order valence-corrected chi connectivity index (χ2v) is 5.97. The van der Waals surface area contributed by atoms with Gasteiger partial charge in [0.1, 0.15) is 5.76 Å². The number of methoxy groups -OCH3 is 2. The second-order valence-electron chi connectivity index (χ2n) is 4.21. The number of aryl methyl sites for hydroxylation is 1. The molecule has 114 valence electrons. The van der Waals surface area contributed by atoms with Crippen LogP contribution in [-0.4, -0.2) is 27.6 Å². The molecule has 7 nitrogen and oxygen atoms in total. The van der Waals surface area contributed by atoms with E-state index in [1.807, 2.05) is 0 Å². The van der Waals surface area contributed by atoms with Gasteiger partial charge < -0.3 is 13.9 Å². The third-order valence-electron chi connectivity index (χ3n) is 2.75. The molecule has 1 heterocycles. The van der Waals surface area contributed by atoms with Gasteiger partial charge in [-0.2, -0.15) is 0 Å². The van der Waals surface area contributed by atoms with Crippen molar-refractivity contribution in [1.29, 1.82) is 0 Å². The standard InChI is InChI=1S/C13H16N2O5S/c1-9-7-14-13(20-9)8-15-21(16,17)10-4-5-11(18-2)12(6-10)19-3/h4-7,15H,8H2,1-3H3. The third-order valence-corrected chi connectivity index (χ3v) is 4.15. The monoisotopic (exact) mass is 312 g/mol. The van der Waals surface area contributed by atoms with Crippen LogP contribution in [0.5, 0.6) is 11.5 Å². The molecule has 2 aromatic rings. The number of nitrogens with zero attached hydrogens (tertiary/aromatic N) is 1. The minimum atomic E-state index is -3.69. The Morgan fingerprint density at radius 1 is 1.24 bits per heavy atom. The van der Waals surface area contributed by atoms with Gasteiger partial charge in [0.25, 0.3) is 0 Å². The topological polar surface area (TPSA) is 90.7 Å². The molecule has 1 aromatic carbocycles. The molecule has 0 atom stereocenters. The SMILES string of the molecule is COc1ccc(S(=O)(=O)NCc2ncc(C)o2)cc1OC. The van der Waals surface area contributed by atoms with Crippen molar-refractivity contribution in [3.8, 4) is 11.5 Å². The second kappa shape index (κ2) is 6.15. The fourth-order valence-electron chi connectivity index (χ4n) is 1.71. The van der Waals surface area contributed by atoms with Crippen molar-refractivity contribution < 1.29 is 22.3 Å². The molecule has 2 rings (SSSR count). The van der Waals surface area contributed by atoms with E-state index in [9.17, 15) is 8.42 Å². The predicted octanol–water partition coefficient (Wildman–Crippen LogP) is 1.48. The van der Waals surface area contributed by atoms with E-state index >= 15 is 0 Å². The van der Waals surface area contributed by atoms with Crippen molar-refractivity contribution in [2.45, 2.75) is 18.4 Å². The zero-order chi connectivity index (χ0) is 15.5. The molecular formula is C13H16N2O5S. The highest BCUT2D eigenvalue weighted by Crippen LogP contribution is 2.29. The number of oxazole rings is 1. The number of sulfonamides is 1. The maximum Gasteiger partial charge on any atom is 0.241 e. The zero-order valence-corrected chi connectivity index (χ0v) is 12.7. The van der Waals surface area contributed by atoms with E-state index in [1.54, 1.807) is 6.92 Å². The molecule has 1 aromatic heterocycles. The lowest BCUT2D eigenvalue weighted by Gasteiger charge is -2.10. The summed E-state index contributed by atoms with van der Waals surface area (Å²) in [5.41, 5.74) is 0. The lowest BCUT2D eigenvalue weighted by atomic mass is 10.3. The van der Waals surface area contributed by atoms with Crippen LogP contribution in [0, 0.1) is 6.92 Å². The molecule has 0 aliphatic heterocycles. The van der Waals surface area contributed by atoms with Gasteiger partial charge in [0.05, 0.1) is 31.9 Å². The molecule has 0 aliphatic rings. The maximum atomic E-state index is 12.2. The number of benzene rings is 1. The van der Waals surface area contributed by atoms with Gasteiger partial charge in [0.15, 0.2) is 11.5 Å². The summed E-state index contributed by atoms with van der Waals surface area (Å²) in [5.74, 6) is 1.72. The van der Waals surface area contributed by atoms with Crippen molar-refractivity contribution in [1.82, 2.24) is 9.71 Å². The van der Waals surface area contributed by atoms with Crippen LogP contribution in [0.25, 0.3) is 0 Å². The Labute approximate surface area is 122 Å². The van der Waals surface area contributed by atoms with Crippen LogP contribution in [0.3, 0.4) is 0 Å². The molecule has 0 radical (unpaired) electrons. The molecule has 0 aliphatic carbocycles. The highest BCUT2D eigenvalue weighted by molar-refractivity contribution is 7.89. The molecule has 0 amide bonds. The summed E-state index contributed by atoms with van der Waals surface area (Å²) in [4.78, 5) is 4.01. The minimum absolute atomic E-state index is 0.0233. The number of hydrogen-bond donors (Lipinski definition) is 1. The van der Waals surface area contributed by atoms with Gasteiger partial charge in [0, 0.05) is 6.07 Å². The highest BCUT2D eigenvalue weighted by Gasteiger charge is 2.17. The number of aromatic nitrogens is 1. The van der Waals surface area contributed by atoms with Crippen LogP contribution in [0.1, 0.15) is 11.7 Å². The van der Waals surface area contributed by atoms with E-state index in [1.165, 1.54) is 38.6 Å². The van der Waals surface area contributed by atoms with Crippen molar-refractivity contribution in [2.75, 3.05) is 14.2 Å². The number of nitrogens with one attached hydrogen (secondary N) is 1. The Morgan fingerprint density at radius 3 is 2.52 bits per heavy atom. The van der Waals surface area contributed by atoms with Crippen LogP contribution < -0.4 is 14.2 Å². The fourth-order valence-corrected chi connectivity index (χ4v) is 2.70. The van der Waals surface area contributed by atoms with E-state index < -0.39 is 10.0 Å². The van der Waals surface area contributed by atoms with E-state index in [-0.39, 0.29) is 11.4 Å². The van der Waals surface area contributed by atoms with Gasteiger partial charge >= 0.3 is 0 Å². The first kappa shape index (κ1) is 15.3. The number of ether oxygens (including phenoxy) is 2. The molecule has 1 N–H and O–H groups in total. The zero-order valence-electron chi connectivity index (χ0n) is 11.9. The Hall–Kier alpha value is -2.06. The Bertz CT molecular complexity index is 724. The van der Waals surface area contributed by atoms with Crippen molar-refractivity contribution in [3.63, 3.8) is 0 Å². The van der Waals surface area contributed by atoms with E-state index in [2.05, 4.69) is 9.71 Å². The molecule has 0 spiro atoms. The predicted molar refractivity (Wildman–Crippen MR) is 74.8 cm³/mol. The summed E-state index contributed by atoms with van der Waals surface area (Å²) in [6.07, 6.45) is 1.53. The van der Waals surface area contributed by atoms with Crippen molar-refractivity contribution in [3.05, 3.63) is 36.0 Å². The summed E-state index contributed by atoms with van der Waals surface area (Å²) in [6.45, 7) is 1.71. The van der Waals surface area contributed by atoms with Gasteiger partial charge in [-0.3, -0.25) is 0 Å². The minimum Gasteiger partial charge on any atom is -0.493 e. The van der Waals surface area contributed by atoms with Crippen LogP contribution in [0.2, 0.25) is 0 Å². The van der Waals surface area contributed by atoms with E-state index in [4.69, 9.17) is 13.9 Å². The van der Waals surface area contributed by atoms with Crippen LogP contribution in [0.15, 0.2) is 33.7 Å². The summed E-state index contributed by atoms with van der Waals surface area (Å²) in [5, 5.41) is 0. The molecule has 21 heavy (non-hydrogen) atoms. The maximum absolute atomic E-state index is 12.2. The third kappa shape index (κ3) is 3.53. The summed E-state index contributed by atoms with van der Waals surface area (Å²) >= 11 is 0. The molecule has 8 heteroatoms.